The maximum absolute atomic E-state index is 12.9. The molecule has 1 amide bonds. The molecule has 32 heavy (non-hydrogen) atoms. The molecule has 0 bridgehead atoms. The number of nitrogens with zero attached hydrogens (tertiary/aromatic N) is 2. The summed E-state index contributed by atoms with van der Waals surface area (Å²) in [6.45, 7) is 3.33. The lowest BCUT2D eigenvalue weighted by Crippen LogP contribution is -2.51. The van der Waals surface area contributed by atoms with Gasteiger partial charge in [0.15, 0.2) is 0 Å². The van der Waals surface area contributed by atoms with E-state index in [4.69, 9.17) is 0 Å². The minimum atomic E-state index is -3.58. The highest BCUT2D eigenvalue weighted by atomic mass is 32.2. The molecule has 2 aromatic carbocycles. The van der Waals surface area contributed by atoms with E-state index in [9.17, 15) is 18.3 Å². The highest BCUT2D eigenvalue weighted by molar-refractivity contribution is 7.89. The van der Waals surface area contributed by atoms with E-state index in [1.165, 1.54) is 4.31 Å². The van der Waals surface area contributed by atoms with Gasteiger partial charge in [-0.3, -0.25) is 9.79 Å². The maximum atomic E-state index is 12.9. The van der Waals surface area contributed by atoms with Gasteiger partial charge < -0.3 is 10.4 Å². The lowest BCUT2D eigenvalue weighted by Gasteiger charge is -2.36. The van der Waals surface area contributed by atoms with Gasteiger partial charge in [-0.15, -0.1) is 0 Å². The molecule has 0 unspecified atom stereocenters. The Kier molecular flexibility index (Phi) is 6.55. The second-order valence-corrected chi connectivity index (χ2v) is 10.1. The van der Waals surface area contributed by atoms with Crippen LogP contribution in [0, 0.1) is 5.92 Å². The van der Waals surface area contributed by atoms with Crippen LogP contribution in [0.1, 0.15) is 25.3 Å². The first-order valence-corrected chi connectivity index (χ1v) is 12.2. The summed E-state index contributed by atoms with van der Waals surface area (Å²) >= 11 is 0. The number of aliphatic hydroxyl groups is 1. The standard InChI is InChI=1S/C24H27N3O4S/c1-2-9-26-24(29)21-8-10-25-23-13-19(6-7-20(23)11-21)18-4-3-5-22(12-18)32(30,31)27-14-17(15-27)16-28/h3-7,10-13,17,28H,2,8-9,14-16H2,1H3,(H,26,29). The van der Waals surface area contributed by atoms with Crippen molar-refractivity contribution in [3.8, 4) is 11.1 Å². The fraction of sp³-hybridized carbons (Fsp3) is 0.333. The quantitative estimate of drug-likeness (QED) is 0.673. The molecule has 0 spiro atoms. The van der Waals surface area contributed by atoms with Gasteiger partial charge in [0, 0.05) is 55.9 Å². The third-order valence-corrected chi connectivity index (χ3v) is 7.54. The van der Waals surface area contributed by atoms with Crippen molar-refractivity contribution in [1.29, 1.82) is 0 Å². The van der Waals surface area contributed by atoms with Crippen LogP contribution in [0.25, 0.3) is 17.2 Å². The van der Waals surface area contributed by atoms with Crippen molar-refractivity contribution in [3.63, 3.8) is 0 Å². The Hall–Kier alpha value is -2.81. The van der Waals surface area contributed by atoms with Crippen LogP contribution in [0.2, 0.25) is 0 Å². The summed E-state index contributed by atoms with van der Waals surface area (Å²) < 4.78 is 27.2. The molecule has 2 aromatic rings. The molecule has 2 aliphatic heterocycles. The Morgan fingerprint density at radius 2 is 1.97 bits per heavy atom. The van der Waals surface area contributed by atoms with Crippen LogP contribution in [0.5, 0.6) is 0 Å². The first kappa shape index (κ1) is 22.4. The molecule has 4 rings (SSSR count). The first-order chi connectivity index (χ1) is 15.4. The van der Waals surface area contributed by atoms with Crippen LogP contribution in [0.3, 0.4) is 0 Å². The number of sulfonamides is 1. The predicted octanol–water partition coefficient (Wildman–Crippen LogP) is 2.98. The zero-order valence-corrected chi connectivity index (χ0v) is 18.8. The van der Waals surface area contributed by atoms with Gasteiger partial charge in [-0.2, -0.15) is 4.31 Å². The molecule has 168 valence electrons. The lowest BCUT2D eigenvalue weighted by atomic mass is 10.0. The van der Waals surface area contributed by atoms with Crippen molar-refractivity contribution in [2.45, 2.75) is 24.7 Å². The maximum Gasteiger partial charge on any atom is 0.247 e. The Labute approximate surface area is 188 Å². The van der Waals surface area contributed by atoms with E-state index in [0.29, 0.717) is 31.6 Å². The molecular weight excluding hydrogens is 426 g/mol. The molecule has 0 saturated carbocycles. The normalized spacial score (nSPS) is 16.6. The van der Waals surface area contributed by atoms with Crippen LogP contribution in [0.4, 0.5) is 5.69 Å². The van der Waals surface area contributed by atoms with Crippen LogP contribution < -0.4 is 5.32 Å². The SMILES string of the molecule is CCCNC(=O)C1=Cc2ccc(-c3cccc(S(=O)(=O)N4CC(CO)C4)c3)cc2N=CC1. The summed E-state index contributed by atoms with van der Waals surface area (Å²) in [5, 5.41) is 12.1. The minimum absolute atomic E-state index is 0.00186. The number of carbonyl (C=O) groups is 1. The number of carbonyl (C=O) groups excluding carboxylic acids is 1. The fourth-order valence-corrected chi connectivity index (χ4v) is 5.41. The number of amides is 1. The molecule has 7 nitrogen and oxygen atoms in total. The number of aliphatic imine (C=N–C) groups is 1. The molecule has 1 fully saturated rings. The van der Waals surface area contributed by atoms with E-state index >= 15 is 0 Å². The van der Waals surface area contributed by atoms with E-state index in [2.05, 4.69) is 10.3 Å². The predicted molar refractivity (Wildman–Crippen MR) is 125 cm³/mol. The molecule has 0 radical (unpaired) electrons. The summed E-state index contributed by atoms with van der Waals surface area (Å²) in [7, 11) is -3.58. The van der Waals surface area contributed by atoms with Crippen LogP contribution >= 0.6 is 0 Å². The van der Waals surface area contributed by atoms with E-state index in [-0.39, 0.29) is 23.3 Å². The van der Waals surface area contributed by atoms with E-state index in [1.54, 1.807) is 24.4 Å². The lowest BCUT2D eigenvalue weighted by molar-refractivity contribution is -0.117. The number of fused-ring (bicyclic) bond motifs is 1. The van der Waals surface area contributed by atoms with Gasteiger partial charge in [0.05, 0.1) is 10.6 Å². The van der Waals surface area contributed by atoms with Gasteiger partial charge in [-0.25, -0.2) is 8.42 Å². The zero-order chi connectivity index (χ0) is 22.7. The summed E-state index contributed by atoms with van der Waals surface area (Å²) in [5.41, 5.74) is 3.88. The van der Waals surface area contributed by atoms with Gasteiger partial charge >= 0.3 is 0 Å². The number of hydrogen-bond acceptors (Lipinski definition) is 5. The van der Waals surface area contributed by atoms with Crippen molar-refractivity contribution >= 4 is 33.9 Å². The molecule has 2 N–H and O–H groups in total. The number of nitrogens with one attached hydrogen (secondary N) is 1. The smallest absolute Gasteiger partial charge is 0.247 e. The third kappa shape index (κ3) is 4.53. The van der Waals surface area contributed by atoms with Crippen LogP contribution in [-0.2, 0) is 14.8 Å². The van der Waals surface area contributed by atoms with Gasteiger partial charge in [-0.1, -0.05) is 31.2 Å². The van der Waals surface area contributed by atoms with Crippen molar-refractivity contribution < 1.29 is 18.3 Å². The number of aliphatic hydroxyl groups excluding tert-OH is 1. The van der Waals surface area contributed by atoms with E-state index < -0.39 is 10.0 Å². The molecular formula is C24H27N3O4S. The molecule has 1 saturated heterocycles. The van der Waals surface area contributed by atoms with Crippen molar-refractivity contribution in [2.24, 2.45) is 10.9 Å². The van der Waals surface area contributed by atoms with Crippen molar-refractivity contribution in [1.82, 2.24) is 9.62 Å². The largest absolute Gasteiger partial charge is 0.396 e. The Morgan fingerprint density at radius 3 is 2.72 bits per heavy atom. The molecule has 0 aromatic heterocycles. The van der Waals surface area contributed by atoms with Gasteiger partial charge in [0.2, 0.25) is 15.9 Å². The summed E-state index contributed by atoms with van der Waals surface area (Å²) in [6, 6.07) is 12.6. The zero-order valence-electron chi connectivity index (χ0n) is 18.0. The Morgan fingerprint density at radius 1 is 1.19 bits per heavy atom. The summed E-state index contributed by atoms with van der Waals surface area (Å²) in [4.78, 5) is 17.1. The number of rotatable bonds is 7. The topological polar surface area (TPSA) is 99.1 Å². The summed E-state index contributed by atoms with van der Waals surface area (Å²) in [5.74, 6) is -0.0695. The fourth-order valence-electron chi connectivity index (χ4n) is 3.78. The van der Waals surface area contributed by atoms with Crippen molar-refractivity contribution in [2.75, 3.05) is 26.2 Å². The molecule has 2 aliphatic rings. The molecule has 2 heterocycles. The second kappa shape index (κ2) is 9.36. The summed E-state index contributed by atoms with van der Waals surface area (Å²) in [6.07, 6.45) is 4.92. The van der Waals surface area contributed by atoms with E-state index in [1.807, 2.05) is 37.3 Å². The molecule has 0 atom stereocenters. The highest BCUT2D eigenvalue weighted by Gasteiger charge is 2.36. The third-order valence-electron chi connectivity index (χ3n) is 5.72. The minimum Gasteiger partial charge on any atom is -0.396 e. The second-order valence-electron chi connectivity index (χ2n) is 8.11. The van der Waals surface area contributed by atoms with E-state index in [0.717, 1.165) is 28.8 Å². The molecule has 0 aliphatic carbocycles. The van der Waals surface area contributed by atoms with Gasteiger partial charge in [0.25, 0.3) is 0 Å². The average molecular weight is 454 g/mol. The van der Waals surface area contributed by atoms with Crippen LogP contribution in [0.15, 0.2) is 57.9 Å². The number of benzene rings is 2. The number of hydrogen-bond donors (Lipinski definition) is 2. The van der Waals surface area contributed by atoms with Crippen LogP contribution in [-0.4, -0.2) is 56.2 Å². The highest BCUT2D eigenvalue weighted by Crippen LogP contribution is 2.33. The van der Waals surface area contributed by atoms with Gasteiger partial charge in [0.1, 0.15) is 0 Å². The molecule has 8 heteroatoms. The monoisotopic (exact) mass is 453 g/mol. The Balaban J connectivity index is 1.60. The average Bonchev–Trinajstić information content (AvgIpc) is 2.98. The Bertz CT molecular complexity index is 1180. The first-order valence-electron chi connectivity index (χ1n) is 10.8. The van der Waals surface area contributed by atoms with Gasteiger partial charge in [-0.05, 0) is 41.8 Å². The van der Waals surface area contributed by atoms with Crippen molar-refractivity contribution in [3.05, 3.63) is 53.6 Å².